The highest BCUT2D eigenvalue weighted by atomic mass is 19.3. The van der Waals surface area contributed by atoms with E-state index in [1.807, 2.05) is 0 Å². The second-order valence-electron chi connectivity index (χ2n) is 5.11. The Morgan fingerprint density at radius 2 is 1.95 bits per heavy atom. The van der Waals surface area contributed by atoms with Crippen LogP contribution >= 0.6 is 0 Å². The van der Waals surface area contributed by atoms with Gasteiger partial charge in [-0.15, -0.1) is 0 Å². The van der Waals surface area contributed by atoms with Gasteiger partial charge in [0, 0.05) is 25.2 Å². The minimum absolute atomic E-state index is 0.0733. The number of hydrogen-bond acceptors (Lipinski definition) is 4. The molecule has 1 atom stereocenters. The Morgan fingerprint density at radius 3 is 2.58 bits per heavy atom. The van der Waals surface area contributed by atoms with Crippen LogP contribution in [0.2, 0.25) is 0 Å². The van der Waals surface area contributed by atoms with E-state index < -0.39 is 11.7 Å². The maximum atomic E-state index is 13.5. The molecule has 110 valence electrons. The SMILES string of the molecule is CCOC(=O)CC1CCC(F)(F)CCC12OCCO2. The lowest BCUT2D eigenvalue weighted by molar-refractivity contribution is -0.205. The van der Waals surface area contributed by atoms with Gasteiger partial charge in [-0.3, -0.25) is 4.79 Å². The maximum absolute atomic E-state index is 13.5. The van der Waals surface area contributed by atoms with Gasteiger partial charge in [0.15, 0.2) is 5.79 Å². The molecule has 0 radical (unpaired) electrons. The summed E-state index contributed by atoms with van der Waals surface area (Å²) in [5.41, 5.74) is 0. The lowest BCUT2D eigenvalue weighted by Gasteiger charge is -2.33. The fraction of sp³-hybridized carbons (Fsp3) is 0.923. The molecule has 1 saturated carbocycles. The van der Waals surface area contributed by atoms with Gasteiger partial charge in [-0.1, -0.05) is 0 Å². The van der Waals surface area contributed by atoms with Crippen LogP contribution in [-0.4, -0.2) is 37.5 Å². The zero-order valence-electron chi connectivity index (χ0n) is 11.1. The molecule has 1 spiro atoms. The molecule has 19 heavy (non-hydrogen) atoms. The first kappa shape index (κ1) is 14.7. The highest BCUT2D eigenvalue weighted by Gasteiger charge is 2.50. The van der Waals surface area contributed by atoms with E-state index >= 15 is 0 Å². The van der Waals surface area contributed by atoms with Gasteiger partial charge in [0.05, 0.1) is 26.2 Å². The summed E-state index contributed by atoms with van der Waals surface area (Å²) >= 11 is 0. The molecule has 1 unspecified atom stereocenters. The fourth-order valence-electron chi connectivity index (χ4n) is 2.82. The minimum Gasteiger partial charge on any atom is -0.466 e. The predicted octanol–water partition coefficient (Wildman–Crippen LogP) is 2.51. The Balaban J connectivity index is 2.09. The van der Waals surface area contributed by atoms with Crippen molar-refractivity contribution in [1.82, 2.24) is 0 Å². The topological polar surface area (TPSA) is 44.8 Å². The van der Waals surface area contributed by atoms with Crippen LogP contribution in [0.25, 0.3) is 0 Å². The lowest BCUT2D eigenvalue weighted by Crippen LogP contribution is -2.40. The highest BCUT2D eigenvalue weighted by molar-refractivity contribution is 5.69. The zero-order chi connectivity index (χ0) is 13.9. The Labute approximate surface area is 111 Å². The van der Waals surface area contributed by atoms with Crippen LogP contribution in [0.1, 0.15) is 39.0 Å². The number of esters is 1. The van der Waals surface area contributed by atoms with Crippen molar-refractivity contribution in [1.29, 1.82) is 0 Å². The summed E-state index contributed by atoms with van der Waals surface area (Å²) < 4.78 is 43.1. The molecule has 4 nitrogen and oxygen atoms in total. The van der Waals surface area contributed by atoms with Crippen LogP contribution in [-0.2, 0) is 19.0 Å². The Bertz CT molecular complexity index is 327. The summed E-state index contributed by atoms with van der Waals surface area (Å²) in [6, 6.07) is 0. The lowest BCUT2D eigenvalue weighted by atomic mass is 9.90. The third kappa shape index (κ3) is 3.42. The molecule has 0 aromatic carbocycles. The molecule has 2 fully saturated rings. The first-order chi connectivity index (χ1) is 8.97. The largest absolute Gasteiger partial charge is 0.466 e. The molecule has 0 aromatic heterocycles. The second-order valence-corrected chi connectivity index (χ2v) is 5.11. The molecular formula is C13H20F2O4. The Kier molecular flexibility index (Phi) is 4.40. The van der Waals surface area contributed by atoms with E-state index in [9.17, 15) is 13.6 Å². The van der Waals surface area contributed by atoms with Crippen molar-refractivity contribution in [2.45, 2.75) is 50.7 Å². The molecule has 0 N–H and O–H groups in total. The van der Waals surface area contributed by atoms with E-state index in [1.54, 1.807) is 6.92 Å². The quantitative estimate of drug-likeness (QED) is 0.744. The first-order valence-corrected chi connectivity index (χ1v) is 6.79. The molecule has 2 aliphatic rings. The summed E-state index contributed by atoms with van der Waals surface area (Å²) in [6.07, 6.45) is -0.0718. The normalized spacial score (nSPS) is 29.1. The van der Waals surface area contributed by atoms with E-state index in [0.717, 1.165) is 0 Å². The highest BCUT2D eigenvalue weighted by Crippen LogP contribution is 2.45. The molecule has 1 aliphatic carbocycles. The molecule has 1 saturated heterocycles. The molecule has 6 heteroatoms. The summed E-state index contributed by atoms with van der Waals surface area (Å²) in [6.45, 7) is 2.80. The molecule has 0 amide bonds. The average Bonchev–Trinajstić information content (AvgIpc) is 2.78. The number of alkyl halides is 2. The number of ether oxygens (including phenoxy) is 3. The van der Waals surface area contributed by atoms with Gasteiger partial charge in [-0.25, -0.2) is 8.78 Å². The summed E-state index contributed by atoms with van der Waals surface area (Å²) in [4.78, 5) is 11.6. The van der Waals surface area contributed by atoms with Crippen LogP contribution in [0.5, 0.6) is 0 Å². The van der Waals surface area contributed by atoms with Crippen molar-refractivity contribution in [2.24, 2.45) is 5.92 Å². The molecule has 1 heterocycles. The Morgan fingerprint density at radius 1 is 1.26 bits per heavy atom. The first-order valence-electron chi connectivity index (χ1n) is 6.79. The summed E-state index contributed by atoms with van der Waals surface area (Å²) in [5.74, 6) is -4.46. The minimum atomic E-state index is -2.70. The van der Waals surface area contributed by atoms with Crippen molar-refractivity contribution in [3.8, 4) is 0 Å². The van der Waals surface area contributed by atoms with E-state index in [1.165, 1.54) is 0 Å². The maximum Gasteiger partial charge on any atom is 0.306 e. The molecular weight excluding hydrogens is 258 g/mol. The fourth-order valence-corrected chi connectivity index (χ4v) is 2.82. The second kappa shape index (κ2) is 5.71. The van der Waals surface area contributed by atoms with Crippen molar-refractivity contribution >= 4 is 5.97 Å². The number of halogens is 2. The van der Waals surface area contributed by atoms with E-state index in [-0.39, 0.29) is 50.6 Å². The third-order valence-electron chi connectivity index (χ3n) is 3.81. The zero-order valence-corrected chi connectivity index (χ0v) is 11.1. The molecule has 2 rings (SSSR count). The number of carbonyl (C=O) groups is 1. The molecule has 0 bridgehead atoms. The van der Waals surface area contributed by atoms with Crippen molar-refractivity contribution < 1.29 is 27.8 Å². The van der Waals surface area contributed by atoms with Crippen LogP contribution < -0.4 is 0 Å². The van der Waals surface area contributed by atoms with Gasteiger partial charge in [0.2, 0.25) is 5.92 Å². The van der Waals surface area contributed by atoms with E-state index in [2.05, 4.69) is 0 Å². The summed E-state index contributed by atoms with van der Waals surface area (Å²) in [5, 5.41) is 0. The smallest absolute Gasteiger partial charge is 0.306 e. The molecule has 1 aliphatic heterocycles. The van der Waals surface area contributed by atoms with Gasteiger partial charge in [0.25, 0.3) is 0 Å². The van der Waals surface area contributed by atoms with Crippen LogP contribution in [0, 0.1) is 5.92 Å². The van der Waals surface area contributed by atoms with Crippen molar-refractivity contribution in [3.05, 3.63) is 0 Å². The monoisotopic (exact) mass is 278 g/mol. The Hall–Kier alpha value is -0.750. The van der Waals surface area contributed by atoms with Gasteiger partial charge < -0.3 is 14.2 Å². The third-order valence-corrected chi connectivity index (χ3v) is 3.81. The molecule has 0 aromatic rings. The standard InChI is InChI=1S/C13H20F2O4/c1-2-17-11(16)9-10-3-4-12(14,15)5-6-13(10)18-7-8-19-13/h10H,2-9H2,1H3. The number of hydrogen-bond donors (Lipinski definition) is 0. The number of rotatable bonds is 3. The van der Waals surface area contributed by atoms with Crippen LogP contribution in [0.4, 0.5) is 8.78 Å². The van der Waals surface area contributed by atoms with Gasteiger partial charge in [-0.05, 0) is 13.3 Å². The number of carbonyl (C=O) groups excluding carboxylic acids is 1. The van der Waals surface area contributed by atoms with Crippen LogP contribution in [0.15, 0.2) is 0 Å². The van der Waals surface area contributed by atoms with Gasteiger partial charge in [-0.2, -0.15) is 0 Å². The van der Waals surface area contributed by atoms with Crippen molar-refractivity contribution in [2.75, 3.05) is 19.8 Å². The predicted molar refractivity (Wildman–Crippen MR) is 62.8 cm³/mol. The average molecular weight is 278 g/mol. The van der Waals surface area contributed by atoms with E-state index in [4.69, 9.17) is 14.2 Å². The summed E-state index contributed by atoms with van der Waals surface area (Å²) in [7, 11) is 0. The van der Waals surface area contributed by atoms with Crippen molar-refractivity contribution in [3.63, 3.8) is 0 Å². The van der Waals surface area contributed by atoms with Gasteiger partial charge >= 0.3 is 5.97 Å². The van der Waals surface area contributed by atoms with E-state index in [0.29, 0.717) is 13.2 Å². The van der Waals surface area contributed by atoms with Crippen LogP contribution in [0.3, 0.4) is 0 Å². The van der Waals surface area contributed by atoms with Gasteiger partial charge in [0.1, 0.15) is 0 Å².